The Morgan fingerprint density at radius 1 is 1.18 bits per heavy atom. The molecule has 0 fully saturated rings. The molecular weight excluding hydrogens is 279 g/mol. The average molecular weight is 302 g/mol. The molecule has 0 saturated heterocycles. The monoisotopic (exact) mass is 302 g/mol. The minimum atomic E-state index is -1.13. The maximum atomic E-state index is 10.5. The average Bonchev–Trinajstić information content (AvgIpc) is 2.90. The van der Waals surface area contributed by atoms with E-state index in [2.05, 4.69) is 5.10 Å². The highest BCUT2D eigenvalue weighted by atomic mass is 16.5. The van der Waals surface area contributed by atoms with E-state index in [0.717, 1.165) is 11.3 Å². The van der Waals surface area contributed by atoms with Gasteiger partial charge in [-0.2, -0.15) is 5.10 Å². The van der Waals surface area contributed by atoms with Crippen LogP contribution in [0.5, 0.6) is 0 Å². The lowest BCUT2D eigenvalue weighted by Gasteiger charge is -2.38. The second-order valence-corrected chi connectivity index (χ2v) is 6.48. The Morgan fingerprint density at radius 2 is 1.86 bits per heavy atom. The molecule has 5 nitrogen and oxygen atoms in total. The molecule has 0 amide bonds. The summed E-state index contributed by atoms with van der Waals surface area (Å²) in [5.74, 6) is 0. The standard InChI is InChI=1S/C16H23BN2O3/c1-12-13(17(21)22-16(4,5)15(2,3)20)8-6-9-14(12)19-11-7-10-18-19/h6-11,20-21H,1-5H3. The number of nitrogens with zero attached hydrogens (tertiary/aromatic N) is 2. The molecule has 0 radical (unpaired) electrons. The first kappa shape index (κ1) is 16.7. The summed E-state index contributed by atoms with van der Waals surface area (Å²) in [4.78, 5) is 0. The first-order valence-corrected chi connectivity index (χ1v) is 7.31. The summed E-state index contributed by atoms with van der Waals surface area (Å²) in [5, 5.41) is 24.8. The van der Waals surface area contributed by atoms with E-state index in [-0.39, 0.29) is 0 Å². The smallest absolute Gasteiger partial charge is 0.423 e. The molecule has 118 valence electrons. The zero-order valence-corrected chi connectivity index (χ0v) is 13.7. The fraction of sp³-hybridized carbons (Fsp3) is 0.438. The normalized spacial score (nSPS) is 12.5. The maximum absolute atomic E-state index is 10.5. The molecule has 2 aromatic rings. The van der Waals surface area contributed by atoms with Crippen LogP contribution in [0.3, 0.4) is 0 Å². The highest BCUT2D eigenvalue weighted by molar-refractivity contribution is 6.60. The van der Waals surface area contributed by atoms with Crippen LogP contribution in [0, 0.1) is 6.92 Å². The zero-order chi connectivity index (χ0) is 16.5. The van der Waals surface area contributed by atoms with E-state index in [9.17, 15) is 10.1 Å². The third-order valence-corrected chi connectivity index (χ3v) is 4.24. The van der Waals surface area contributed by atoms with Crippen molar-refractivity contribution in [3.63, 3.8) is 0 Å². The quantitative estimate of drug-likeness (QED) is 0.820. The summed E-state index contributed by atoms with van der Waals surface area (Å²) in [7, 11) is -1.13. The summed E-state index contributed by atoms with van der Waals surface area (Å²) in [6.07, 6.45) is 3.55. The van der Waals surface area contributed by atoms with E-state index in [1.54, 1.807) is 38.6 Å². The summed E-state index contributed by atoms with van der Waals surface area (Å²) in [6, 6.07) is 7.44. The van der Waals surface area contributed by atoms with Crippen molar-refractivity contribution in [2.45, 2.75) is 45.8 Å². The van der Waals surface area contributed by atoms with Crippen molar-refractivity contribution in [2.75, 3.05) is 0 Å². The zero-order valence-electron chi connectivity index (χ0n) is 13.7. The van der Waals surface area contributed by atoms with Gasteiger partial charge < -0.3 is 14.8 Å². The lowest BCUT2D eigenvalue weighted by molar-refractivity contribution is -0.0982. The van der Waals surface area contributed by atoms with Crippen molar-refractivity contribution in [3.8, 4) is 5.69 Å². The van der Waals surface area contributed by atoms with Gasteiger partial charge in [0.25, 0.3) is 0 Å². The number of hydrogen-bond acceptors (Lipinski definition) is 4. The van der Waals surface area contributed by atoms with Crippen LogP contribution < -0.4 is 5.46 Å². The number of benzene rings is 1. The Balaban J connectivity index is 2.32. The second-order valence-electron chi connectivity index (χ2n) is 6.48. The Bertz CT molecular complexity index is 633. The van der Waals surface area contributed by atoms with Crippen molar-refractivity contribution in [1.29, 1.82) is 0 Å². The van der Waals surface area contributed by atoms with Gasteiger partial charge >= 0.3 is 7.12 Å². The molecule has 0 aliphatic rings. The van der Waals surface area contributed by atoms with Crippen molar-refractivity contribution >= 4 is 12.6 Å². The Morgan fingerprint density at radius 3 is 2.41 bits per heavy atom. The van der Waals surface area contributed by atoms with E-state index in [1.807, 2.05) is 37.4 Å². The van der Waals surface area contributed by atoms with E-state index in [4.69, 9.17) is 4.65 Å². The van der Waals surface area contributed by atoms with E-state index < -0.39 is 18.3 Å². The van der Waals surface area contributed by atoms with E-state index in [0.29, 0.717) is 5.46 Å². The van der Waals surface area contributed by atoms with Gasteiger partial charge in [-0.25, -0.2) is 4.68 Å². The Hall–Kier alpha value is -1.63. The van der Waals surface area contributed by atoms with E-state index >= 15 is 0 Å². The van der Waals surface area contributed by atoms with Crippen molar-refractivity contribution in [1.82, 2.24) is 9.78 Å². The van der Waals surface area contributed by atoms with Crippen molar-refractivity contribution < 1.29 is 14.8 Å². The highest BCUT2D eigenvalue weighted by Gasteiger charge is 2.39. The maximum Gasteiger partial charge on any atom is 0.491 e. The SMILES string of the molecule is Cc1c(B(O)OC(C)(C)C(C)(C)O)cccc1-n1cccn1. The molecule has 0 bridgehead atoms. The fourth-order valence-electron chi connectivity index (χ4n) is 2.05. The van der Waals surface area contributed by atoms with Gasteiger partial charge in [0.1, 0.15) is 0 Å². The van der Waals surface area contributed by atoms with Gasteiger partial charge in [-0.05, 0) is 57.8 Å². The summed E-state index contributed by atoms with van der Waals surface area (Å²) in [5.41, 5.74) is 0.434. The van der Waals surface area contributed by atoms with Crippen LogP contribution >= 0.6 is 0 Å². The molecule has 2 rings (SSSR count). The van der Waals surface area contributed by atoms with Crippen molar-refractivity contribution in [2.24, 2.45) is 0 Å². The molecule has 0 aliphatic heterocycles. The first-order chi connectivity index (χ1) is 10.1. The lowest BCUT2D eigenvalue weighted by atomic mass is 9.74. The van der Waals surface area contributed by atoms with Crippen LogP contribution in [0.15, 0.2) is 36.7 Å². The van der Waals surface area contributed by atoms with E-state index in [1.165, 1.54) is 0 Å². The summed E-state index contributed by atoms with van der Waals surface area (Å²) in [6.45, 7) is 8.74. The van der Waals surface area contributed by atoms with Crippen LogP contribution in [0.2, 0.25) is 0 Å². The molecule has 0 unspecified atom stereocenters. The van der Waals surface area contributed by atoms with Gasteiger partial charge in [0.2, 0.25) is 0 Å². The van der Waals surface area contributed by atoms with Gasteiger partial charge in [0.05, 0.1) is 16.9 Å². The molecule has 0 atom stereocenters. The van der Waals surface area contributed by atoms with Gasteiger partial charge in [0.15, 0.2) is 0 Å². The molecular formula is C16H23BN2O3. The van der Waals surface area contributed by atoms with Crippen LogP contribution in [0.1, 0.15) is 33.3 Å². The van der Waals surface area contributed by atoms with Crippen LogP contribution in [-0.2, 0) is 4.65 Å². The Kier molecular flexibility index (Phi) is 4.47. The van der Waals surface area contributed by atoms with Crippen molar-refractivity contribution in [3.05, 3.63) is 42.2 Å². The molecule has 1 aromatic carbocycles. The summed E-state index contributed by atoms with van der Waals surface area (Å²) < 4.78 is 7.46. The number of aliphatic hydroxyl groups is 1. The third kappa shape index (κ3) is 3.24. The predicted octanol–water partition coefficient (Wildman–Crippen LogP) is 1.43. The minimum Gasteiger partial charge on any atom is -0.423 e. The molecule has 0 aliphatic carbocycles. The molecule has 0 saturated carbocycles. The molecule has 6 heteroatoms. The highest BCUT2D eigenvalue weighted by Crippen LogP contribution is 2.25. The van der Waals surface area contributed by atoms with Gasteiger partial charge in [0, 0.05) is 12.4 Å². The summed E-state index contributed by atoms with van der Waals surface area (Å²) >= 11 is 0. The van der Waals surface area contributed by atoms with Gasteiger partial charge in [-0.15, -0.1) is 0 Å². The topological polar surface area (TPSA) is 67.5 Å². The first-order valence-electron chi connectivity index (χ1n) is 7.31. The minimum absolute atomic E-state index is 0.658. The third-order valence-electron chi connectivity index (χ3n) is 4.24. The number of rotatable bonds is 5. The predicted molar refractivity (Wildman–Crippen MR) is 87.4 cm³/mol. The lowest BCUT2D eigenvalue weighted by Crippen LogP contribution is -2.53. The fourth-order valence-corrected chi connectivity index (χ4v) is 2.05. The Labute approximate surface area is 131 Å². The number of hydrogen-bond donors (Lipinski definition) is 2. The largest absolute Gasteiger partial charge is 0.491 e. The van der Waals surface area contributed by atoms with Gasteiger partial charge in [-0.1, -0.05) is 12.1 Å². The number of aromatic nitrogens is 2. The van der Waals surface area contributed by atoms with Crippen LogP contribution in [-0.4, -0.2) is 38.2 Å². The van der Waals surface area contributed by atoms with Crippen LogP contribution in [0.25, 0.3) is 5.69 Å². The molecule has 1 heterocycles. The molecule has 2 N–H and O–H groups in total. The van der Waals surface area contributed by atoms with Crippen LogP contribution in [0.4, 0.5) is 0 Å². The second kappa shape index (κ2) is 5.87. The molecule has 1 aromatic heterocycles. The van der Waals surface area contributed by atoms with Gasteiger partial charge in [-0.3, -0.25) is 0 Å². The molecule has 0 spiro atoms. The molecule has 22 heavy (non-hydrogen) atoms.